The van der Waals surface area contributed by atoms with Crippen molar-refractivity contribution in [3.63, 3.8) is 0 Å². The van der Waals surface area contributed by atoms with E-state index in [9.17, 15) is 29.7 Å². The standard InChI is InChI=1S/C46H62N4O7/c1-6-7-8-9-10-11-12-13-14-15-16-17-18-19-40(52)39(31-51)48-43(53)26-27-47-45(54)32-20-23-35(46(55)56)38(28-32)44-36-24-21-33(49(2)3)29-41(36)57-42-30-34(50(4)5)22-25-37(42)44/h18-25,28-30,39-40,51-52H,6-17,26-27,31H2,1-5H3,(H2-,47,48,53,54,55,56)/p+1/b19-18+/t39-,40+/m0/s1. The van der Waals surface area contributed by atoms with Gasteiger partial charge in [-0.15, -0.1) is 0 Å². The average Bonchev–Trinajstić information content (AvgIpc) is 3.19. The number of hydrogen-bond donors (Lipinski definition) is 5. The molecule has 2 atom stereocenters. The van der Waals surface area contributed by atoms with Crippen LogP contribution in [-0.4, -0.2) is 86.6 Å². The largest absolute Gasteiger partial charge is 0.478 e. The highest BCUT2D eigenvalue weighted by Gasteiger charge is 2.24. The zero-order chi connectivity index (χ0) is 41.3. The van der Waals surface area contributed by atoms with Crippen molar-refractivity contribution in [1.82, 2.24) is 15.2 Å². The molecule has 2 amide bonds. The van der Waals surface area contributed by atoms with Gasteiger partial charge in [0.1, 0.15) is 25.4 Å². The van der Waals surface area contributed by atoms with Gasteiger partial charge in [-0.3, -0.25) is 9.59 Å². The number of aromatic carboxylic acids is 1. The summed E-state index contributed by atoms with van der Waals surface area (Å²) in [6, 6.07) is 15.0. The monoisotopic (exact) mass is 783 g/mol. The van der Waals surface area contributed by atoms with Crippen molar-refractivity contribution in [3.8, 4) is 22.5 Å². The molecule has 2 aromatic rings. The second-order valence-electron chi connectivity index (χ2n) is 15.3. The molecular weight excluding hydrogens is 721 g/mol. The molecule has 57 heavy (non-hydrogen) atoms. The molecule has 2 aliphatic rings. The fourth-order valence-corrected chi connectivity index (χ4v) is 7.00. The third kappa shape index (κ3) is 13.0. The summed E-state index contributed by atoms with van der Waals surface area (Å²) in [7, 11) is 7.70. The SMILES string of the molecule is CCCCCCCCCCCCC/C=C/[C@@H](O)[C@H](CO)NC(=O)CCNC(=O)c1ccc(C(=O)O)c(-c2c3ccc(=[N+](C)C)cc-3oc3cc(N(C)C)ccc23)c1. The van der Waals surface area contributed by atoms with E-state index in [0.29, 0.717) is 33.4 Å². The second-order valence-corrected chi connectivity index (χ2v) is 15.3. The zero-order valence-corrected chi connectivity index (χ0v) is 34.5. The van der Waals surface area contributed by atoms with Gasteiger partial charge in [-0.25, -0.2) is 9.37 Å². The van der Waals surface area contributed by atoms with Gasteiger partial charge in [0.2, 0.25) is 11.3 Å². The fraction of sp³-hybridized carbons (Fsp3) is 0.478. The van der Waals surface area contributed by atoms with Gasteiger partial charge >= 0.3 is 5.97 Å². The molecule has 1 aliphatic carbocycles. The summed E-state index contributed by atoms with van der Waals surface area (Å²) < 4.78 is 8.35. The van der Waals surface area contributed by atoms with Crippen LogP contribution in [0.25, 0.3) is 33.4 Å². The van der Waals surface area contributed by atoms with Crippen molar-refractivity contribution >= 4 is 34.4 Å². The number of unbranched alkanes of at least 4 members (excludes halogenated alkanes) is 11. The number of nitrogens with one attached hydrogen (secondary N) is 2. The van der Waals surface area contributed by atoms with Crippen LogP contribution in [0.2, 0.25) is 0 Å². The van der Waals surface area contributed by atoms with Crippen LogP contribution in [0.4, 0.5) is 5.69 Å². The molecule has 0 fully saturated rings. The van der Waals surface area contributed by atoms with Gasteiger partial charge in [-0.1, -0.05) is 83.3 Å². The maximum atomic E-state index is 13.4. The molecule has 2 aromatic carbocycles. The number of hydrogen-bond acceptors (Lipinski definition) is 7. The van der Waals surface area contributed by atoms with E-state index in [1.54, 1.807) is 12.1 Å². The smallest absolute Gasteiger partial charge is 0.336 e. The predicted molar refractivity (Wildman–Crippen MR) is 229 cm³/mol. The summed E-state index contributed by atoms with van der Waals surface area (Å²) in [6.45, 7) is 1.79. The Bertz CT molecular complexity index is 2010. The lowest BCUT2D eigenvalue weighted by Gasteiger charge is -2.20. The van der Waals surface area contributed by atoms with E-state index in [1.807, 2.05) is 80.1 Å². The van der Waals surface area contributed by atoms with Crippen LogP contribution in [0, 0.1) is 0 Å². The van der Waals surface area contributed by atoms with Crippen molar-refractivity contribution in [3.05, 3.63) is 83.2 Å². The summed E-state index contributed by atoms with van der Waals surface area (Å²) in [6.07, 6.45) is 17.1. The molecule has 0 radical (unpaired) electrons. The Morgan fingerprint density at radius 1 is 0.860 bits per heavy atom. The highest BCUT2D eigenvalue weighted by molar-refractivity contribution is 6.09. The van der Waals surface area contributed by atoms with Gasteiger partial charge in [0, 0.05) is 67.0 Å². The van der Waals surface area contributed by atoms with Gasteiger partial charge in [0.25, 0.3) is 5.91 Å². The second kappa shape index (κ2) is 22.7. The van der Waals surface area contributed by atoms with E-state index in [1.165, 1.54) is 69.9 Å². The van der Waals surface area contributed by atoms with E-state index >= 15 is 0 Å². The number of rotatable bonds is 23. The van der Waals surface area contributed by atoms with Crippen molar-refractivity contribution in [2.45, 2.75) is 103 Å². The Labute approximate surface area is 337 Å². The number of carboxylic acid groups (broad SMARTS) is 1. The number of carbonyl (C=O) groups is 3. The first-order chi connectivity index (χ1) is 27.4. The average molecular weight is 784 g/mol. The van der Waals surface area contributed by atoms with Crippen molar-refractivity contribution in [2.24, 2.45) is 0 Å². The number of amides is 2. The minimum atomic E-state index is -1.14. The van der Waals surface area contributed by atoms with Gasteiger partial charge in [0.05, 0.1) is 30.4 Å². The van der Waals surface area contributed by atoms with Crippen LogP contribution in [0.15, 0.2) is 71.2 Å². The van der Waals surface area contributed by atoms with Crippen molar-refractivity contribution < 1.29 is 34.1 Å². The van der Waals surface area contributed by atoms with Gasteiger partial charge < -0.3 is 35.3 Å². The number of aliphatic hydroxyl groups excluding tert-OH is 2. The molecule has 0 saturated heterocycles. The van der Waals surface area contributed by atoms with Crippen LogP contribution < -0.4 is 25.5 Å². The van der Waals surface area contributed by atoms with Gasteiger partial charge in [-0.2, -0.15) is 0 Å². The first-order valence-corrected chi connectivity index (χ1v) is 20.5. The summed E-state index contributed by atoms with van der Waals surface area (Å²) in [5.41, 5.74) is 3.37. The maximum Gasteiger partial charge on any atom is 0.336 e. The Hall–Kier alpha value is -5.00. The Morgan fingerprint density at radius 3 is 2.18 bits per heavy atom. The highest BCUT2D eigenvalue weighted by atomic mass is 16.4. The van der Waals surface area contributed by atoms with Crippen LogP contribution in [0.1, 0.15) is 111 Å². The minimum Gasteiger partial charge on any atom is -0.478 e. The Morgan fingerprint density at radius 2 is 1.54 bits per heavy atom. The molecule has 5 N–H and O–H groups in total. The topological polar surface area (TPSA) is 155 Å². The lowest BCUT2D eigenvalue weighted by molar-refractivity contribution is -0.122. The number of fused-ring (bicyclic) bond motifs is 2. The Kier molecular flexibility index (Phi) is 17.8. The zero-order valence-electron chi connectivity index (χ0n) is 34.5. The summed E-state index contributed by atoms with van der Waals surface area (Å²) >= 11 is 0. The summed E-state index contributed by atoms with van der Waals surface area (Å²) in [5.74, 6) is -1.50. The third-order valence-corrected chi connectivity index (χ3v) is 10.4. The van der Waals surface area contributed by atoms with Crippen molar-refractivity contribution in [1.29, 1.82) is 0 Å². The van der Waals surface area contributed by atoms with E-state index in [2.05, 4.69) is 17.6 Å². The van der Waals surface area contributed by atoms with E-state index in [0.717, 1.165) is 30.3 Å². The van der Waals surface area contributed by atoms with Crippen LogP contribution in [0.3, 0.4) is 0 Å². The predicted octanol–water partition coefficient (Wildman–Crippen LogP) is 7.22. The van der Waals surface area contributed by atoms with E-state index < -0.39 is 36.5 Å². The first kappa shape index (κ1) is 44.7. The molecule has 0 bridgehead atoms. The molecule has 0 unspecified atom stereocenters. The Balaban J connectivity index is 1.37. The first-order valence-electron chi connectivity index (χ1n) is 20.5. The normalized spacial score (nSPS) is 12.5. The number of carbonyl (C=O) groups excluding carboxylic acids is 2. The highest BCUT2D eigenvalue weighted by Crippen LogP contribution is 2.42. The lowest BCUT2D eigenvalue weighted by Crippen LogP contribution is -2.45. The van der Waals surface area contributed by atoms with Crippen LogP contribution in [-0.2, 0) is 4.79 Å². The molecule has 11 nitrogen and oxygen atoms in total. The number of anilines is 1. The van der Waals surface area contributed by atoms with Crippen molar-refractivity contribution in [2.75, 3.05) is 46.2 Å². The molecule has 11 heteroatoms. The fourth-order valence-electron chi connectivity index (χ4n) is 7.00. The number of nitrogens with zero attached hydrogens (tertiary/aromatic N) is 2. The number of benzene rings is 3. The molecule has 0 saturated carbocycles. The van der Waals surface area contributed by atoms with Crippen LogP contribution >= 0.6 is 0 Å². The number of aliphatic hydroxyl groups is 2. The molecule has 4 rings (SSSR count). The molecule has 1 aliphatic heterocycles. The summed E-state index contributed by atoms with van der Waals surface area (Å²) in [5, 5.41) is 37.8. The molecule has 0 spiro atoms. The lowest BCUT2D eigenvalue weighted by atomic mass is 9.89. The van der Waals surface area contributed by atoms with Crippen LogP contribution in [0.5, 0.6) is 0 Å². The molecule has 308 valence electrons. The molecular formula is C46H63N4O7+. The molecule has 0 aromatic heterocycles. The quantitative estimate of drug-likeness (QED) is 0.0229. The van der Waals surface area contributed by atoms with Gasteiger partial charge in [0.15, 0.2) is 0 Å². The minimum absolute atomic E-state index is 0.0136. The van der Waals surface area contributed by atoms with E-state index in [4.69, 9.17) is 4.42 Å². The van der Waals surface area contributed by atoms with E-state index in [-0.39, 0.29) is 24.1 Å². The summed E-state index contributed by atoms with van der Waals surface area (Å²) in [4.78, 5) is 40.8. The number of carboxylic acids is 1. The molecule has 1 heterocycles. The van der Waals surface area contributed by atoms with Gasteiger partial charge in [-0.05, 0) is 54.8 Å². The maximum absolute atomic E-state index is 13.4. The number of allylic oxidation sites excluding steroid dienone is 1. The third-order valence-electron chi connectivity index (χ3n) is 10.4.